The first kappa shape index (κ1) is 11.2. The van der Waals surface area contributed by atoms with Crippen LogP contribution in [0.5, 0.6) is 5.75 Å². The number of Topliss-reactive ketones (excluding diaryl/α,β-unsaturated/α-hetero) is 1. The molecule has 0 atom stereocenters. The molecule has 0 N–H and O–H groups in total. The molecule has 14 heavy (non-hydrogen) atoms. The predicted octanol–water partition coefficient (Wildman–Crippen LogP) is 2.25. The van der Waals surface area contributed by atoms with E-state index in [9.17, 15) is 4.79 Å². The Morgan fingerprint density at radius 3 is 2.50 bits per heavy atom. The number of halogens is 1. The van der Waals surface area contributed by atoms with E-state index >= 15 is 0 Å². The summed E-state index contributed by atoms with van der Waals surface area (Å²) >= 11 is 3.11. The minimum absolute atomic E-state index is 0.0586. The van der Waals surface area contributed by atoms with Crippen LogP contribution >= 0.6 is 15.9 Å². The smallest absolute Gasteiger partial charge is 0.188 e. The number of benzene rings is 1. The lowest BCUT2D eigenvalue weighted by Gasteiger charge is -2.04. The summed E-state index contributed by atoms with van der Waals surface area (Å²) in [6, 6.07) is 6.95. The van der Waals surface area contributed by atoms with Crippen LogP contribution in [0, 0.1) is 0 Å². The third-order valence-corrected chi connectivity index (χ3v) is 2.15. The summed E-state index contributed by atoms with van der Waals surface area (Å²) in [6.45, 7) is 0.214. The molecule has 76 valence electrons. The lowest BCUT2D eigenvalue weighted by atomic mass is 10.1. The van der Waals surface area contributed by atoms with Gasteiger partial charge in [-0.2, -0.15) is 0 Å². The summed E-state index contributed by atoms with van der Waals surface area (Å²) < 4.78 is 9.93. The number of carbonyl (C=O) groups excluding carboxylic acids is 1. The molecule has 0 aromatic heterocycles. The second-order valence-electron chi connectivity index (χ2n) is 2.63. The Balaban J connectivity index is 2.63. The van der Waals surface area contributed by atoms with Gasteiger partial charge in [-0.05, 0) is 24.3 Å². The van der Waals surface area contributed by atoms with Crippen LogP contribution in [0.4, 0.5) is 0 Å². The van der Waals surface area contributed by atoms with Gasteiger partial charge in [0.2, 0.25) is 0 Å². The first-order valence-electron chi connectivity index (χ1n) is 4.09. The monoisotopic (exact) mass is 258 g/mol. The third-order valence-electron chi connectivity index (χ3n) is 1.64. The standard InChI is InChI=1S/C10H11BrO3/c1-13-7-14-9-4-2-8(3-5-9)10(12)6-11/h2-5H,6-7H2,1H3. The van der Waals surface area contributed by atoms with E-state index in [2.05, 4.69) is 15.9 Å². The van der Waals surface area contributed by atoms with Crippen molar-refractivity contribution >= 4 is 21.7 Å². The van der Waals surface area contributed by atoms with E-state index in [1.807, 2.05) is 0 Å². The third kappa shape index (κ3) is 3.12. The van der Waals surface area contributed by atoms with E-state index in [0.717, 1.165) is 0 Å². The topological polar surface area (TPSA) is 35.5 Å². The first-order chi connectivity index (χ1) is 6.77. The van der Waals surface area contributed by atoms with Crippen LogP contribution in [0.15, 0.2) is 24.3 Å². The maximum atomic E-state index is 11.2. The van der Waals surface area contributed by atoms with Crippen LogP contribution in [0.1, 0.15) is 10.4 Å². The number of methoxy groups -OCH3 is 1. The number of hydrogen-bond acceptors (Lipinski definition) is 3. The summed E-state index contributed by atoms with van der Waals surface area (Å²) in [5, 5.41) is 0.339. The fourth-order valence-corrected chi connectivity index (χ4v) is 1.26. The number of hydrogen-bond donors (Lipinski definition) is 0. The number of rotatable bonds is 5. The highest BCUT2D eigenvalue weighted by atomic mass is 79.9. The van der Waals surface area contributed by atoms with Crippen molar-refractivity contribution in [3.8, 4) is 5.75 Å². The van der Waals surface area contributed by atoms with Crippen molar-refractivity contribution in [3.63, 3.8) is 0 Å². The predicted molar refractivity (Wildman–Crippen MR) is 57.1 cm³/mol. The van der Waals surface area contributed by atoms with Gasteiger partial charge in [-0.3, -0.25) is 4.79 Å². The summed E-state index contributed by atoms with van der Waals surface area (Å²) in [5.41, 5.74) is 0.673. The highest BCUT2D eigenvalue weighted by Gasteiger charge is 2.02. The Bertz CT molecular complexity index is 295. The lowest BCUT2D eigenvalue weighted by Crippen LogP contribution is -2.01. The molecule has 0 radical (unpaired) electrons. The Morgan fingerprint density at radius 2 is 2.00 bits per heavy atom. The Hall–Kier alpha value is -0.870. The fraction of sp³-hybridized carbons (Fsp3) is 0.300. The Labute approximate surface area is 91.1 Å². The number of ketones is 1. The van der Waals surface area contributed by atoms with Gasteiger partial charge >= 0.3 is 0 Å². The number of carbonyl (C=O) groups is 1. The molecule has 0 saturated carbocycles. The van der Waals surface area contributed by atoms with Crippen LogP contribution < -0.4 is 4.74 Å². The molecular formula is C10H11BrO3. The second-order valence-corrected chi connectivity index (χ2v) is 3.19. The molecule has 4 heteroatoms. The van der Waals surface area contributed by atoms with Crippen molar-refractivity contribution in [1.82, 2.24) is 0 Å². The van der Waals surface area contributed by atoms with Crippen molar-refractivity contribution in [2.45, 2.75) is 0 Å². The first-order valence-corrected chi connectivity index (χ1v) is 5.21. The van der Waals surface area contributed by atoms with Crippen molar-refractivity contribution in [1.29, 1.82) is 0 Å². The molecule has 3 nitrogen and oxygen atoms in total. The molecular weight excluding hydrogens is 248 g/mol. The molecule has 0 aliphatic rings. The number of ether oxygens (including phenoxy) is 2. The molecule has 0 fully saturated rings. The summed E-state index contributed by atoms with van der Waals surface area (Å²) in [4.78, 5) is 11.2. The van der Waals surface area contributed by atoms with Gasteiger partial charge in [0.05, 0.1) is 5.33 Å². The van der Waals surface area contributed by atoms with Gasteiger partial charge in [0.1, 0.15) is 5.75 Å². The molecule has 0 saturated heterocycles. The van der Waals surface area contributed by atoms with Crippen molar-refractivity contribution in [3.05, 3.63) is 29.8 Å². The molecule has 0 aliphatic carbocycles. The average Bonchev–Trinajstić information content (AvgIpc) is 2.26. The van der Waals surface area contributed by atoms with Gasteiger partial charge in [-0.15, -0.1) is 0 Å². The molecule has 1 rings (SSSR count). The maximum Gasteiger partial charge on any atom is 0.188 e. The molecule has 0 spiro atoms. The van der Waals surface area contributed by atoms with Gasteiger partial charge in [0.25, 0.3) is 0 Å². The van der Waals surface area contributed by atoms with E-state index in [1.54, 1.807) is 31.4 Å². The van der Waals surface area contributed by atoms with Gasteiger partial charge in [0.15, 0.2) is 12.6 Å². The molecule has 1 aromatic rings. The molecule has 0 heterocycles. The van der Waals surface area contributed by atoms with Crippen LogP contribution in [-0.4, -0.2) is 25.0 Å². The highest BCUT2D eigenvalue weighted by Crippen LogP contribution is 2.12. The van der Waals surface area contributed by atoms with Crippen molar-refractivity contribution < 1.29 is 14.3 Å². The maximum absolute atomic E-state index is 11.2. The Morgan fingerprint density at radius 1 is 1.36 bits per heavy atom. The lowest BCUT2D eigenvalue weighted by molar-refractivity contribution is 0.0511. The molecule has 0 amide bonds. The molecule has 0 bridgehead atoms. The minimum Gasteiger partial charge on any atom is -0.468 e. The number of alkyl halides is 1. The van der Waals surface area contributed by atoms with Crippen LogP contribution in [0.2, 0.25) is 0 Å². The van der Waals surface area contributed by atoms with E-state index in [-0.39, 0.29) is 12.6 Å². The van der Waals surface area contributed by atoms with Crippen LogP contribution in [-0.2, 0) is 4.74 Å². The molecule has 1 aromatic carbocycles. The van der Waals surface area contributed by atoms with E-state index in [0.29, 0.717) is 16.6 Å². The highest BCUT2D eigenvalue weighted by molar-refractivity contribution is 9.09. The quantitative estimate of drug-likeness (QED) is 0.462. The largest absolute Gasteiger partial charge is 0.468 e. The minimum atomic E-state index is 0.0586. The van der Waals surface area contributed by atoms with Gasteiger partial charge < -0.3 is 9.47 Å². The van der Waals surface area contributed by atoms with Crippen molar-refractivity contribution in [2.75, 3.05) is 19.2 Å². The fourth-order valence-electron chi connectivity index (χ4n) is 0.941. The van der Waals surface area contributed by atoms with Gasteiger partial charge in [-0.1, -0.05) is 15.9 Å². The van der Waals surface area contributed by atoms with Crippen molar-refractivity contribution in [2.24, 2.45) is 0 Å². The second kappa shape index (κ2) is 5.78. The van der Waals surface area contributed by atoms with Gasteiger partial charge in [-0.25, -0.2) is 0 Å². The average molecular weight is 259 g/mol. The summed E-state index contributed by atoms with van der Waals surface area (Å²) in [6.07, 6.45) is 0. The zero-order chi connectivity index (χ0) is 10.4. The van der Waals surface area contributed by atoms with Gasteiger partial charge in [0, 0.05) is 12.7 Å². The van der Waals surface area contributed by atoms with E-state index < -0.39 is 0 Å². The summed E-state index contributed by atoms with van der Waals surface area (Å²) in [5.74, 6) is 0.751. The summed E-state index contributed by atoms with van der Waals surface area (Å²) in [7, 11) is 1.56. The molecule has 0 unspecified atom stereocenters. The van der Waals surface area contributed by atoms with E-state index in [1.165, 1.54) is 0 Å². The molecule has 0 aliphatic heterocycles. The SMILES string of the molecule is COCOc1ccc(C(=O)CBr)cc1. The van der Waals surface area contributed by atoms with Crippen LogP contribution in [0.25, 0.3) is 0 Å². The van der Waals surface area contributed by atoms with Crippen LogP contribution in [0.3, 0.4) is 0 Å². The van der Waals surface area contributed by atoms with E-state index in [4.69, 9.17) is 9.47 Å². The Kier molecular flexibility index (Phi) is 4.62. The zero-order valence-electron chi connectivity index (χ0n) is 7.83. The zero-order valence-corrected chi connectivity index (χ0v) is 9.41. The normalized spacial score (nSPS) is 9.86.